The second kappa shape index (κ2) is 12.9. The van der Waals surface area contributed by atoms with Gasteiger partial charge in [-0.15, -0.1) is 0 Å². The van der Waals surface area contributed by atoms with Crippen LogP contribution in [0.4, 0.5) is 0 Å². The van der Waals surface area contributed by atoms with Gasteiger partial charge in [0.2, 0.25) is 5.91 Å². The maximum absolute atomic E-state index is 13.5. The minimum absolute atomic E-state index is 0.149. The number of carbonyl (C=O) groups is 2. The summed E-state index contributed by atoms with van der Waals surface area (Å²) < 4.78 is 6.74. The molecule has 0 aliphatic rings. The predicted molar refractivity (Wildman–Crippen MR) is 139 cm³/mol. The first-order chi connectivity index (χ1) is 16.5. The van der Waals surface area contributed by atoms with Gasteiger partial charge < -0.3 is 15.0 Å². The van der Waals surface area contributed by atoms with Gasteiger partial charge in [0.15, 0.2) is 6.61 Å². The topological polar surface area (TPSA) is 58.6 Å². The third-order valence-corrected chi connectivity index (χ3v) is 6.05. The number of carbonyl (C=O) groups excluding carboxylic acids is 2. The van der Waals surface area contributed by atoms with Gasteiger partial charge in [0, 0.05) is 24.0 Å². The summed E-state index contributed by atoms with van der Waals surface area (Å²) in [6, 6.07) is 24.6. The fourth-order valence-electron chi connectivity index (χ4n) is 3.73. The van der Waals surface area contributed by atoms with Crippen molar-refractivity contribution in [1.29, 1.82) is 0 Å². The molecule has 2 amide bonds. The van der Waals surface area contributed by atoms with Crippen molar-refractivity contribution in [2.45, 2.75) is 39.3 Å². The van der Waals surface area contributed by atoms with E-state index in [1.54, 1.807) is 4.90 Å². The zero-order chi connectivity index (χ0) is 24.3. The summed E-state index contributed by atoms with van der Waals surface area (Å²) in [5.41, 5.74) is 3.12. The number of halogens is 1. The van der Waals surface area contributed by atoms with Crippen molar-refractivity contribution in [2.24, 2.45) is 0 Å². The molecule has 0 saturated heterocycles. The lowest BCUT2D eigenvalue weighted by Gasteiger charge is -2.31. The highest BCUT2D eigenvalue weighted by Crippen LogP contribution is 2.19. The zero-order valence-corrected chi connectivity index (χ0v) is 21.3. The number of amides is 2. The Kier molecular flexibility index (Phi) is 9.71. The van der Waals surface area contributed by atoms with Crippen LogP contribution in [-0.4, -0.2) is 35.9 Å². The number of likely N-dealkylation sites (N-methyl/N-ethyl adjacent to an activating group) is 1. The first-order valence-electron chi connectivity index (χ1n) is 11.6. The number of aryl methyl sites for hydroxylation is 1. The van der Waals surface area contributed by atoms with Gasteiger partial charge in [0.25, 0.3) is 5.91 Å². The van der Waals surface area contributed by atoms with Gasteiger partial charge in [-0.2, -0.15) is 0 Å². The fraction of sp³-hybridized carbons (Fsp3) is 0.286. The van der Waals surface area contributed by atoms with Crippen molar-refractivity contribution >= 4 is 27.7 Å². The molecule has 178 valence electrons. The summed E-state index contributed by atoms with van der Waals surface area (Å²) in [6.45, 7) is 4.60. The normalized spacial score (nSPS) is 11.5. The molecule has 1 N–H and O–H groups in total. The van der Waals surface area contributed by atoms with E-state index in [1.165, 1.54) is 5.56 Å². The molecule has 1 unspecified atom stereocenters. The van der Waals surface area contributed by atoms with Crippen molar-refractivity contribution in [3.05, 3.63) is 100 Å². The van der Waals surface area contributed by atoms with Gasteiger partial charge in [0.1, 0.15) is 11.8 Å². The molecule has 3 rings (SSSR count). The van der Waals surface area contributed by atoms with Gasteiger partial charge in [-0.1, -0.05) is 77.5 Å². The molecule has 0 spiro atoms. The van der Waals surface area contributed by atoms with E-state index in [1.807, 2.05) is 85.8 Å². The molecule has 0 saturated carbocycles. The number of ether oxygens (including phenoxy) is 1. The van der Waals surface area contributed by atoms with E-state index in [0.29, 0.717) is 25.3 Å². The van der Waals surface area contributed by atoms with Crippen LogP contribution in [0.15, 0.2) is 83.3 Å². The molecular weight excluding hydrogens is 492 g/mol. The highest BCUT2D eigenvalue weighted by Gasteiger charge is 2.30. The first kappa shape index (κ1) is 25.5. The lowest BCUT2D eigenvalue weighted by molar-refractivity contribution is -0.142. The summed E-state index contributed by atoms with van der Waals surface area (Å²) in [4.78, 5) is 28.2. The molecule has 0 heterocycles. The van der Waals surface area contributed by atoms with Crippen molar-refractivity contribution in [2.75, 3.05) is 13.2 Å². The molecule has 5 nitrogen and oxygen atoms in total. The van der Waals surface area contributed by atoms with E-state index in [0.717, 1.165) is 22.0 Å². The molecule has 3 aromatic carbocycles. The van der Waals surface area contributed by atoms with Gasteiger partial charge in [-0.3, -0.25) is 9.59 Å². The van der Waals surface area contributed by atoms with Gasteiger partial charge in [-0.05, 0) is 54.3 Å². The van der Waals surface area contributed by atoms with E-state index < -0.39 is 6.04 Å². The largest absolute Gasteiger partial charge is 0.484 e. The Balaban J connectivity index is 1.86. The van der Waals surface area contributed by atoms with Crippen LogP contribution in [0, 0.1) is 0 Å². The van der Waals surface area contributed by atoms with Crippen LogP contribution in [0.3, 0.4) is 0 Å². The molecule has 0 bridgehead atoms. The van der Waals surface area contributed by atoms with Gasteiger partial charge in [0.05, 0.1) is 0 Å². The van der Waals surface area contributed by atoms with E-state index in [2.05, 4.69) is 28.2 Å². The molecule has 34 heavy (non-hydrogen) atoms. The Labute approximate surface area is 210 Å². The Bertz CT molecular complexity index is 1070. The number of benzene rings is 3. The average molecular weight is 523 g/mol. The second-order valence-corrected chi connectivity index (χ2v) is 8.95. The molecule has 0 aromatic heterocycles. The highest BCUT2D eigenvalue weighted by atomic mass is 79.9. The van der Waals surface area contributed by atoms with Crippen LogP contribution in [0.1, 0.15) is 30.5 Å². The quantitative estimate of drug-likeness (QED) is 0.378. The van der Waals surface area contributed by atoms with Gasteiger partial charge in [-0.25, -0.2) is 0 Å². The van der Waals surface area contributed by atoms with E-state index in [9.17, 15) is 9.59 Å². The number of hydrogen-bond donors (Lipinski definition) is 1. The number of nitrogens with zero attached hydrogens (tertiary/aromatic N) is 1. The summed E-state index contributed by atoms with van der Waals surface area (Å²) >= 11 is 3.50. The second-order valence-electron chi connectivity index (χ2n) is 8.04. The molecule has 0 fully saturated rings. The number of nitrogens with one attached hydrogen (secondary N) is 1. The predicted octanol–water partition coefficient (Wildman–Crippen LogP) is 5.17. The van der Waals surface area contributed by atoms with E-state index >= 15 is 0 Å². The Morgan fingerprint density at radius 3 is 2.26 bits per heavy atom. The fourth-order valence-corrected chi connectivity index (χ4v) is 4.17. The SMILES string of the molecule is CCNC(=O)C(Cc1ccccc1)N(Cc1cccc(Br)c1)C(=O)COc1ccc(CC)cc1. The molecule has 6 heteroatoms. The summed E-state index contributed by atoms with van der Waals surface area (Å²) in [5, 5.41) is 2.90. The monoisotopic (exact) mass is 522 g/mol. The summed E-state index contributed by atoms with van der Waals surface area (Å²) in [6.07, 6.45) is 1.35. The van der Waals surface area contributed by atoms with Crippen LogP contribution in [0.5, 0.6) is 5.75 Å². The molecule has 0 aliphatic heterocycles. The number of hydrogen-bond acceptors (Lipinski definition) is 3. The highest BCUT2D eigenvalue weighted by molar-refractivity contribution is 9.10. The van der Waals surface area contributed by atoms with E-state index in [4.69, 9.17) is 4.74 Å². The summed E-state index contributed by atoms with van der Waals surface area (Å²) in [5.74, 6) is 0.208. The zero-order valence-electron chi connectivity index (χ0n) is 19.7. The minimum Gasteiger partial charge on any atom is -0.484 e. The third-order valence-electron chi connectivity index (χ3n) is 5.56. The minimum atomic E-state index is -0.667. The maximum atomic E-state index is 13.5. The van der Waals surface area contributed by atoms with Crippen LogP contribution in [-0.2, 0) is 29.0 Å². The molecular formula is C28H31BrN2O3. The third kappa shape index (κ3) is 7.45. The van der Waals surface area contributed by atoms with Crippen molar-refractivity contribution in [3.8, 4) is 5.75 Å². The lowest BCUT2D eigenvalue weighted by atomic mass is 10.0. The standard InChI is InChI=1S/C28H31BrN2O3/c1-3-21-13-15-25(16-14-21)34-20-27(32)31(19-23-11-8-12-24(29)17-23)26(28(33)30-4-2)18-22-9-6-5-7-10-22/h5-17,26H,3-4,18-20H2,1-2H3,(H,30,33). The molecule has 1 atom stereocenters. The Morgan fingerprint density at radius 1 is 0.912 bits per heavy atom. The van der Waals surface area contributed by atoms with Crippen molar-refractivity contribution < 1.29 is 14.3 Å². The summed E-state index contributed by atoms with van der Waals surface area (Å²) in [7, 11) is 0. The van der Waals surface area contributed by atoms with Crippen LogP contribution >= 0.6 is 15.9 Å². The Hall–Kier alpha value is -3.12. The average Bonchev–Trinajstić information content (AvgIpc) is 2.85. The van der Waals surface area contributed by atoms with Crippen molar-refractivity contribution in [3.63, 3.8) is 0 Å². The smallest absolute Gasteiger partial charge is 0.261 e. The lowest BCUT2D eigenvalue weighted by Crippen LogP contribution is -2.51. The molecule has 3 aromatic rings. The van der Waals surface area contributed by atoms with Gasteiger partial charge >= 0.3 is 0 Å². The van der Waals surface area contributed by atoms with E-state index in [-0.39, 0.29) is 18.4 Å². The Morgan fingerprint density at radius 2 is 1.62 bits per heavy atom. The van der Waals surface area contributed by atoms with Crippen LogP contribution in [0.25, 0.3) is 0 Å². The van der Waals surface area contributed by atoms with Crippen LogP contribution < -0.4 is 10.1 Å². The molecule has 0 radical (unpaired) electrons. The molecule has 0 aliphatic carbocycles. The number of rotatable bonds is 11. The van der Waals surface area contributed by atoms with Crippen molar-refractivity contribution in [1.82, 2.24) is 10.2 Å². The van der Waals surface area contributed by atoms with Crippen LogP contribution in [0.2, 0.25) is 0 Å². The first-order valence-corrected chi connectivity index (χ1v) is 12.4. The maximum Gasteiger partial charge on any atom is 0.261 e.